The third-order valence-corrected chi connectivity index (χ3v) is 4.65. The molecule has 0 spiro atoms. The predicted octanol–water partition coefficient (Wildman–Crippen LogP) is 2.60. The minimum Gasteiger partial charge on any atom is -0.368 e. The second kappa shape index (κ2) is 6.30. The molecule has 25 heavy (non-hydrogen) atoms. The molecular weight excluding hydrogens is 324 g/mol. The summed E-state index contributed by atoms with van der Waals surface area (Å²) in [5, 5.41) is 0. The molecule has 0 aromatic heterocycles. The molecule has 0 bridgehead atoms. The van der Waals surface area contributed by atoms with Gasteiger partial charge >= 0.3 is 0 Å². The van der Waals surface area contributed by atoms with Gasteiger partial charge in [-0.25, -0.2) is 0 Å². The van der Waals surface area contributed by atoms with Crippen LogP contribution in [0.2, 0.25) is 0 Å². The Bertz CT molecular complexity index is 646. The summed E-state index contributed by atoms with van der Waals surface area (Å²) in [6.07, 6.45) is -1.72. The van der Waals surface area contributed by atoms with Crippen molar-refractivity contribution in [3.63, 3.8) is 0 Å². The van der Waals surface area contributed by atoms with Crippen molar-refractivity contribution in [3.05, 3.63) is 35.9 Å². The van der Waals surface area contributed by atoms with Gasteiger partial charge in [-0.2, -0.15) is 0 Å². The maximum atomic E-state index is 7.59. The highest BCUT2D eigenvalue weighted by Crippen LogP contribution is 2.42. The third-order valence-electron chi connectivity index (χ3n) is 4.65. The van der Waals surface area contributed by atoms with E-state index >= 15 is 0 Å². The first-order chi connectivity index (χ1) is 12.2. The molecule has 4 rings (SSSR count). The highest BCUT2D eigenvalue weighted by molar-refractivity contribution is 5.13. The molecular formula is C19H26O6. The number of hydrogen-bond donors (Lipinski definition) is 0. The number of benzene rings is 1. The topological polar surface area (TPSA) is 55.4 Å². The van der Waals surface area contributed by atoms with Crippen LogP contribution in [0.1, 0.15) is 34.6 Å². The Kier molecular flexibility index (Phi) is 4.08. The van der Waals surface area contributed by atoms with Crippen LogP contribution in [0.25, 0.3) is 0 Å². The number of rotatable bonds is 4. The summed E-state index contributed by atoms with van der Waals surface area (Å²) in [4.78, 5) is 0. The predicted molar refractivity (Wildman–Crippen MR) is 88.6 cm³/mol. The molecule has 138 valence electrons. The van der Waals surface area contributed by atoms with Crippen LogP contribution in [0, 0.1) is 0 Å². The molecule has 3 fully saturated rings. The maximum Gasteiger partial charge on any atom is 0.190 e. The summed E-state index contributed by atoms with van der Waals surface area (Å²) in [6.45, 7) is 8.34. The van der Waals surface area contributed by atoms with Crippen molar-refractivity contribution < 1.29 is 29.8 Å². The molecule has 0 aliphatic carbocycles. The lowest BCUT2D eigenvalue weighted by Gasteiger charge is -2.29. The van der Waals surface area contributed by atoms with Gasteiger partial charge in [0.2, 0.25) is 0 Å². The first kappa shape index (κ1) is 16.2. The minimum absolute atomic E-state index is 0.244. The van der Waals surface area contributed by atoms with Gasteiger partial charge in [-0.3, -0.25) is 0 Å². The Morgan fingerprint density at radius 3 is 2.52 bits per heavy atom. The van der Waals surface area contributed by atoms with Crippen molar-refractivity contribution in [2.75, 3.05) is 6.61 Å². The molecule has 5 atom stereocenters. The van der Waals surface area contributed by atoms with Crippen LogP contribution in [-0.2, 0) is 35.0 Å². The lowest BCUT2D eigenvalue weighted by atomic mass is 10.1. The van der Waals surface area contributed by atoms with Crippen molar-refractivity contribution >= 4 is 0 Å². The monoisotopic (exact) mass is 351 g/mol. The molecule has 0 N–H and O–H groups in total. The fourth-order valence-corrected chi connectivity index (χ4v) is 3.58. The van der Waals surface area contributed by atoms with E-state index in [1.54, 1.807) is 12.1 Å². The van der Waals surface area contributed by atoms with Crippen molar-refractivity contribution in [2.24, 2.45) is 0 Å². The maximum absolute atomic E-state index is 7.59. The zero-order valence-corrected chi connectivity index (χ0v) is 15.1. The Balaban J connectivity index is 1.49. The second-order valence-electron chi connectivity index (χ2n) is 7.62. The van der Waals surface area contributed by atoms with Crippen LogP contribution in [0.4, 0.5) is 0 Å². The molecule has 6 heteroatoms. The average molecular weight is 351 g/mol. The van der Waals surface area contributed by atoms with Gasteiger partial charge in [-0.1, -0.05) is 30.3 Å². The van der Waals surface area contributed by atoms with Crippen LogP contribution in [0.5, 0.6) is 0 Å². The van der Waals surface area contributed by atoms with Gasteiger partial charge in [0.1, 0.15) is 24.4 Å². The number of ether oxygens (including phenoxy) is 6. The molecule has 0 saturated carbocycles. The van der Waals surface area contributed by atoms with Gasteiger partial charge in [0, 0.05) is 0 Å². The zero-order chi connectivity index (χ0) is 18.5. The molecule has 0 radical (unpaired) electrons. The van der Waals surface area contributed by atoms with Gasteiger partial charge in [-0.15, -0.1) is 0 Å². The lowest BCUT2D eigenvalue weighted by Crippen LogP contribution is -2.44. The van der Waals surface area contributed by atoms with Gasteiger partial charge in [0.25, 0.3) is 0 Å². The van der Waals surface area contributed by atoms with Crippen LogP contribution >= 0.6 is 0 Å². The van der Waals surface area contributed by atoms with Gasteiger partial charge in [0.05, 0.1) is 14.6 Å². The fraction of sp³-hybridized carbons (Fsp3) is 0.684. The second-order valence-corrected chi connectivity index (χ2v) is 7.62. The largest absolute Gasteiger partial charge is 0.368 e. The molecule has 3 aliphatic rings. The van der Waals surface area contributed by atoms with Crippen LogP contribution in [0.15, 0.2) is 30.3 Å². The summed E-state index contributed by atoms with van der Waals surface area (Å²) in [6, 6.07) is 7.75. The minimum atomic E-state index is -0.707. The van der Waals surface area contributed by atoms with E-state index in [1.807, 2.05) is 39.8 Å². The van der Waals surface area contributed by atoms with E-state index in [-0.39, 0.29) is 24.4 Å². The van der Waals surface area contributed by atoms with E-state index in [4.69, 9.17) is 29.8 Å². The molecule has 3 heterocycles. The lowest BCUT2D eigenvalue weighted by molar-refractivity contribution is -0.236. The van der Waals surface area contributed by atoms with Crippen molar-refractivity contribution in [2.45, 2.75) is 76.6 Å². The molecule has 0 amide bonds. The molecule has 1 aromatic rings. The first-order valence-corrected chi connectivity index (χ1v) is 8.72. The van der Waals surface area contributed by atoms with Gasteiger partial charge in [0.15, 0.2) is 17.9 Å². The Labute approximate surface area is 149 Å². The Morgan fingerprint density at radius 2 is 1.84 bits per heavy atom. The first-order valence-electron chi connectivity index (χ1n) is 9.22. The SMILES string of the molecule is [2H]c1ccc(COC2C3OC(C)(C)O[C@H]3O[C@@H]2[C@H]2COC(C)(C)O2)cc1. The molecule has 3 aliphatic heterocycles. The highest BCUT2D eigenvalue weighted by Gasteiger charge is 2.58. The normalized spacial score (nSPS) is 39.4. The van der Waals surface area contributed by atoms with E-state index in [1.165, 1.54) is 0 Å². The smallest absolute Gasteiger partial charge is 0.190 e. The van der Waals surface area contributed by atoms with E-state index < -0.39 is 17.9 Å². The summed E-state index contributed by atoms with van der Waals surface area (Å²) in [7, 11) is 0. The van der Waals surface area contributed by atoms with Crippen LogP contribution < -0.4 is 0 Å². The van der Waals surface area contributed by atoms with E-state index in [0.29, 0.717) is 19.3 Å². The summed E-state index contributed by atoms with van der Waals surface area (Å²) in [5.74, 6) is -1.34. The Hall–Kier alpha value is -1.02. The van der Waals surface area contributed by atoms with Crippen LogP contribution in [0.3, 0.4) is 0 Å². The molecule has 3 saturated heterocycles. The van der Waals surface area contributed by atoms with Crippen molar-refractivity contribution in [1.29, 1.82) is 0 Å². The molecule has 1 aromatic carbocycles. The Morgan fingerprint density at radius 1 is 1.08 bits per heavy atom. The summed E-state index contributed by atoms with van der Waals surface area (Å²) >= 11 is 0. The molecule has 2 unspecified atom stereocenters. The highest BCUT2D eigenvalue weighted by atomic mass is 16.8. The van der Waals surface area contributed by atoms with E-state index in [2.05, 4.69) is 0 Å². The zero-order valence-electron chi connectivity index (χ0n) is 16.1. The average Bonchev–Trinajstić information content (AvgIpc) is 3.16. The van der Waals surface area contributed by atoms with Crippen molar-refractivity contribution in [1.82, 2.24) is 0 Å². The van der Waals surface area contributed by atoms with Crippen LogP contribution in [-0.4, -0.2) is 48.9 Å². The third kappa shape index (κ3) is 3.60. The van der Waals surface area contributed by atoms with Crippen molar-refractivity contribution in [3.8, 4) is 0 Å². The number of hydrogen-bond acceptors (Lipinski definition) is 6. The van der Waals surface area contributed by atoms with E-state index in [9.17, 15) is 0 Å². The summed E-state index contributed by atoms with van der Waals surface area (Å²) < 4.78 is 43.5. The molecule has 6 nitrogen and oxygen atoms in total. The van der Waals surface area contributed by atoms with Gasteiger partial charge < -0.3 is 28.4 Å². The van der Waals surface area contributed by atoms with Gasteiger partial charge in [-0.05, 0) is 33.3 Å². The summed E-state index contributed by atoms with van der Waals surface area (Å²) in [5.41, 5.74) is 0.991. The quantitative estimate of drug-likeness (QED) is 0.831. The fourth-order valence-electron chi connectivity index (χ4n) is 3.58. The van der Waals surface area contributed by atoms with E-state index in [0.717, 1.165) is 5.56 Å². The number of fused-ring (bicyclic) bond motifs is 1. The standard InChI is InChI=1S/C19H26O6/c1-18(2)21-11-13(23-18)14-15(20-10-12-8-6-5-7-9-12)16-17(22-14)25-19(3,4)24-16/h5-9,13-17H,10-11H2,1-4H3/t13-,14-,15?,16?,17-/m1/s1/i5D.